The maximum Gasteiger partial charge on any atom is 0.0560 e. The largest absolute Gasteiger partial charge is 0.378 e. The summed E-state index contributed by atoms with van der Waals surface area (Å²) in [5.74, 6) is 1.01. The molecule has 0 fully saturated rings. The van der Waals surface area contributed by atoms with Gasteiger partial charge in [-0.25, -0.2) is 0 Å². The zero-order chi connectivity index (χ0) is 17.3. The Morgan fingerprint density at radius 1 is 0.923 bits per heavy atom. The van der Waals surface area contributed by atoms with Crippen molar-refractivity contribution in [3.63, 3.8) is 0 Å². The first-order valence-electron chi connectivity index (χ1n) is 9.55. The van der Waals surface area contributed by atoms with Gasteiger partial charge in [0.2, 0.25) is 0 Å². The van der Waals surface area contributed by atoms with Gasteiger partial charge >= 0.3 is 0 Å². The number of nitrogens with one attached hydrogen (secondary N) is 1. The van der Waals surface area contributed by atoms with Gasteiger partial charge in [-0.15, -0.1) is 0 Å². The molecular weight excluding hydrogens is 338 g/mol. The number of benzene rings is 3. The van der Waals surface area contributed by atoms with E-state index in [0.717, 1.165) is 11.4 Å². The van der Waals surface area contributed by atoms with Crippen molar-refractivity contribution in [3.8, 4) is 0 Å². The lowest BCUT2D eigenvalue weighted by Crippen LogP contribution is -2.29. The van der Waals surface area contributed by atoms with Crippen LogP contribution >= 0.6 is 11.6 Å². The van der Waals surface area contributed by atoms with Gasteiger partial charge in [0.25, 0.3) is 0 Å². The van der Waals surface area contributed by atoms with E-state index in [9.17, 15) is 0 Å². The second-order valence-electron chi connectivity index (χ2n) is 7.86. The minimum atomic E-state index is 0.341. The highest BCUT2D eigenvalue weighted by molar-refractivity contribution is 6.30. The summed E-state index contributed by atoms with van der Waals surface area (Å²) in [6, 6.07) is 18.2. The van der Waals surface area contributed by atoms with Gasteiger partial charge in [0.15, 0.2) is 0 Å². The van der Waals surface area contributed by atoms with Crippen LogP contribution in [0.15, 0.2) is 60.7 Å². The lowest BCUT2D eigenvalue weighted by Gasteiger charge is -2.38. The summed E-state index contributed by atoms with van der Waals surface area (Å²) in [7, 11) is 0. The first-order valence-corrected chi connectivity index (χ1v) is 9.93. The van der Waals surface area contributed by atoms with Crippen molar-refractivity contribution in [2.24, 2.45) is 5.92 Å². The predicted octanol–water partition coefficient (Wildman–Crippen LogP) is 6.42. The van der Waals surface area contributed by atoms with Crippen LogP contribution in [0.25, 0.3) is 10.8 Å². The molecule has 0 amide bonds. The number of fused-ring (bicyclic) bond motifs is 3. The Bertz CT molecular complexity index is 1070. The third-order valence-electron chi connectivity index (χ3n) is 6.57. The molecule has 1 aliphatic heterocycles. The monoisotopic (exact) mass is 357 g/mol. The van der Waals surface area contributed by atoms with Crippen molar-refractivity contribution in [1.29, 1.82) is 0 Å². The Morgan fingerprint density at radius 3 is 2.73 bits per heavy atom. The molecule has 0 unspecified atom stereocenters. The van der Waals surface area contributed by atoms with Crippen LogP contribution in [-0.4, -0.2) is 0 Å². The third kappa shape index (κ3) is 1.98. The fourth-order valence-corrected chi connectivity index (χ4v) is 5.59. The lowest BCUT2D eigenvalue weighted by molar-refractivity contribution is 0.427. The Kier molecular flexibility index (Phi) is 3.07. The summed E-state index contributed by atoms with van der Waals surface area (Å²) >= 11 is 6.29. The van der Waals surface area contributed by atoms with Gasteiger partial charge in [0.05, 0.1) is 6.04 Å². The van der Waals surface area contributed by atoms with Gasteiger partial charge in [-0.2, -0.15) is 0 Å². The molecule has 3 aromatic rings. The van der Waals surface area contributed by atoms with E-state index in [4.69, 9.17) is 11.6 Å². The van der Waals surface area contributed by atoms with E-state index >= 15 is 0 Å². The van der Waals surface area contributed by atoms with Gasteiger partial charge in [-0.05, 0) is 76.4 Å². The molecule has 0 bridgehead atoms. The minimum Gasteiger partial charge on any atom is -0.378 e. The summed E-state index contributed by atoms with van der Waals surface area (Å²) in [5, 5.41) is 7.64. The Labute approximate surface area is 158 Å². The molecule has 0 saturated heterocycles. The van der Waals surface area contributed by atoms with E-state index < -0.39 is 0 Å². The number of aryl methyl sites for hydroxylation is 2. The summed E-state index contributed by atoms with van der Waals surface area (Å²) in [4.78, 5) is 0. The van der Waals surface area contributed by atoms with Crippen molar-refractivity contribution < 1.29 is 0 Å². The first kappa shape index (κ1) is 14.9. The van der Waals surface area contributed by atoms with E-state index in [0.29, 0.717) is 17.9 Å². The van der Waals surface area contributed by atoms with Crippen molar-refractivity contribution in [2.45, 2.75) is 31.2 Å². The third-order valence-corrected chi connectivity index (χ3v) is 6.81. The first-order chi connectivity index (χ1) is 12.8. The molecule has 26 heavy (non-hydrogen) atoms. The van der Waals surface area contributed by atoms with Gasteiger partial charge in [-0.1, -0.05) is 54.1 Å². The number of allylic oxidation sites excluding steroid dienone is 2. The topological polar surface area (TPSA) is 12.0 Å². The zero-order valence-corrected chi connectivity index (χ0v) is 15.3. The standard InChI is InChI=1S/C24H20ClN/c25-16-10-12-22-21(13-16)17-4-2-6-19(17)24(26-22)20-11-9-15-8-7-14-3-1-5-18(20)23(14)15/h1-5,9-13,17,19,24,26H,6-8H2/t17-,19+,24-/m1/s1. The Balaban J connectivity index is 1.55. The molecule has 3 atom stereocenters. The van der Waals surface area contributed by atoms with Crippen molar-refractivity contribution >= 4 is 28.1 Å². The molecule has 0 radical (unpaired) electrons. The average Bonchev–Trinajstić information content (AvgIpc) is 3.31. The molecule has 3 aliphatic rings. The number of hydrogen-bond acceptors (Lipinski definition) is 1. The smallest absolute Gasteiger partial charge is 0.0560 e. The molecule has 2 heteroatoms. The summed E-state index contributed by atoms with van der Waals surface area (Å²) in [5.41, 5.74) is 7.06. The second-order valence-corrected chi connectivity index (χ2v) is 8.30. The van der Waals surface area contributed by atoms with Crippen LogP contribution in [0, 0.1) is 5.92 Å². The SMILES string of the molecule is Clc1ccc2c(c1)[C@@H]1C=CC[C@@H]1[C@H](c1ccc3c4c(cccc14)CC3)N2. The Hall–Kier alpha value is -2.25. The molecule has 0 aromatic heterocycles. The molecule has 6 rings (SSSR count). The maximum absolute atomic E-state index is 6.29. The minimum absolute atomic E-state index is 0.341. The molecule has 128 valence electrons. The van der Waals surface area contributed by atoms with Crippen LogP contribution in [0.5, 0.6) is 0 Å². The summed E-state index contributed by atoms with van der Waals surface area (Å²) < 4.78 is 0. The fourth-order valence-electron chi connectivity index (χ4n) is 5.41. The zero-order valence-electron chi connectivity index (χ0n) is 14.5. The van der Waals surface area contributed by atoms with Gasteiger partial charge in [0.1, 0.15) is 0 Å². The quantitative estimate of drug-likeness (QED) is 0.495. The molecule has 1 nitrogen and oxygen atoms in total. The molecule has 2 aliphatic carbocycles. The van der Waals surface area contributed by atoms with Gasteiger partial charge in [-0.3, -0.25) is 0 Å². The number of hydrogen-bond donors (Lipinski definition) is 1. The highest BCUT2D eigenvalue weighted by Crippen LogP contribution is 2.51. The fraction of sp³-hybridized carbons (Fsp3) is 0.250. The normalized spacial score (nSPS) is 25.2. The van der Waals surface area contributed by atoms with Crippen molar-refractivity contribution in [2.75, 3.05) is 5.32 Å². The van der Waals surface area contributed by atoms with Crippen LogP contribution in [0.3, 0.4) is 0 Å². The molecule has 1 heterocycles. The maximum atomic E-state index is 6.29. The van der Waals surface area contributed by atoms with Crippen molar-refractivity contribution in [3.05, 3.63) is 88.0 Å². The van der Waals surface area contributed by atoms with Crippen LogP contribution < -0.4 is 5.32 Å². The number of anilines is 1. The van der Waals surface area contributed by atoms with E-state index in [2.05, 4.69) is 59.9 Å². The number of halogens is 1. The molecular formula is C24H20ClN. The second kappa shape index (κ2) is 5.37. The lowest BCUT2D eigenvalue weighted by atomic mass is 9.76. The number of rotatable bonds is 1. The van der Waals surface area contributed by atoms with Crippen LogP contribution in [0.1, 0.15) is 40.6 Å². The molecule has 0 saturated carbocycles. The molecule has 3 aromatic carbocycles. The van der Waals surface area contributed by atoms with Crippen LogP contribution in [0.4, 0.5) is 5.69 Å². The van der Waals surface area contributed by atoms with E-state index in [-0.39, 0.29) is 0 Å². The van der Waals surface area contributed by atoms with Crippen molar-refractivity contribution in [1.82, 2.24) is 0 Å². The molecule has 1 N–H and O–H groups in total. The van der Waals surface area contributed by atoms with Gasteiger partial charge < -0.3 is 5.32 Å². The van der Waals surface area contributed by atoms with E-state index in [1.807, 2.05) is 6.07 Å². The predicted molar refractivity (Wildman–Crippen MR) is 109 cm³/mol. The van der Waals surface area contributed by atoms with Crippen LogP contribution in [0.2, 0.25) is 5.02 Å². The Morgan fingerprint density at radius 2 is 1.81 bits per heavy atom. The highest BCUT2D eigenvalue weighted by atomic mass is 35.5. The van der Waals surface area contributed by atoms with Crippen LogP contribution in [-0.2, 0) is 12.8 Å². The van der Waals surface area contributed by atoms with Gasteiger partial charge in [0, 0.05) is 16.6 Å². The summed E-state index contributed by atoms with van der Waals surface area (Å²) in [6.45, 7) is 0. The van der Waals surface area contributed by atoms with E-state index in [1.165, 1.54) is 51.6 Å². The molecule has 0 spiro atoms. The average molecular weight is 358 g/mol. The highest BCUT2D eigenvalue weighted by Gasteiger charge is 2.38. The van der Waals surface area contributed by atoms with E-state index in [1.54, 1.807) is 0 Å². The summed E-state index contributed by atoms with van der Waals surface area (Å²) in [6.07, 6.45) is 8.22.